The topological polar surface area (TPSA) is 50.4 Å². The van der Waals surface area contributed by atoms with Gasteiger partial charge in [-0.1, -0.05) is 6.92 Å². The molecule has 0 bridgehead atoms. The molecule has 0 amide bonds. The molecule has 4 nitrogen and oxygen atoms in total. The van der Waals surface area contributed by atoms with E-state index in [0.717, 1.165) is 32.5 Å². The summed E-state index contributed by atoms with van der Waals surface area (Å²) >= 11 is 0. The maximum absolute atomic E-state index is 12.1. The molecule has 18 heavy (non-hydrogen) atoms. The first-order chi connectivity index (χ1) is 8.32. The molecule has 2 N–H and O–H groups in total. The van der Waals surface area contributed by atoms with Crippen molar-refractivity contribution < 1.29 is 9.53 Å². The predicted molar refractivity (Wildman–Crippen MR) is 71.3 cm³/mol. The Balaban J connectivity index is 1.83. The Morgan fingerprint density at radius 3 is 2.50 bits per heavy atom. The molecule has 2 aliphatic rings. The van der Waals surface area contributed by atoms with E-state index in [1.807, 2.05) is 20.8 Å². The Morgan fingerprint density at radius 2 is 2.06 bits per heavy atom. The molecule has 0 radical (unpaired) electrons. The second-order valence-corrected chi connectivity index (χ2v) is 6.86. The van der Waals surface area contributed by atoms with E-state index in [0.29, 0.717) is 11.8 Å². The second-order valence-electron chi connectivity index (χ2n) is 6.86. The molecule has 1 aliphatic heterocycles. The monoisotopic (exact) mass is 254 g/mol. The molecule has 0 spiro atoms. The zero-order valence-electron chi connectivity index (χ0n) is 12.0. The van der Waals surface area contributed by atoms with Gasteiger partial charge < -0.3 is 15.4 Å². The van der Waals surface area contributed by atoms with E-state index in [1.54, 1.807) is 0 Å². The van der Waals surface area contributed by atoms with Gasteiger partial charge in [0.05, 0.1) is 0 Å². The molecule has 2 fully saturated rings. The van der Waals surface area contributed by atoms with Crippen molar-refractivity contribution in [1.29, 1.82) is 0 Å². The summed E-state index contributed by atoms with van der Waals surface area (Å²) in [7, 11) is 0. The number of hydrogen-bond acceptors (Lipinski definition) is 4. The third-order valence-electron chi connectivity index (χ3n) is 3.92. The number of hydrogen-bond donors (Lipinski definition) is 2. The average molecular weight is 254 g/mol. The number of esters is 1. The summed E-state index contributed by atoms with van der Waals surface area (Å²) in [5.74, 6) is 1.24. The van der Waals surface area contributed by atoms with E-state index in [4.69, 9.17) is 4.74 Å². The molecule has 0 aromatic heterocycles. The molecule has 1 saturated carbocycles. The van der Waals surface area contributed by atoms with Crippen LogP contribution in [0, 0.1) is 11.8 Å². The lowest BCUT2D eigenvalue weighted by molar-refractivity contribution is -0.158. The third kappa shape index (κ3) is 3.23. The summed E-state index contributed by atoms with van der Waals surface area (Å²) in [6.45, 7) is 11.1. The van der Waals surface area contributed by atoms with Crippen molar-refractivity contribution in [3.8, 4) is 0 Å². The van der Waals surface area contributed by atoms with Crippen LogP contribution in [-0.4, -0.2) is 36.7 Å². The molecule has 1 heterocycles. The molecule has 0 aromatic rings. The zero-order valence-corrected chi connectivity index (χ0v) is 12.0. The van der Waals surface area contributed by atoms with Crippen LogP contribution in [0.1, 0.15) is 40.5 Å². The van der Waals surface area contributed by atoms with Crippen molar-refractivity contribution in [2.75, 3.05) is 19.6 Å². The summed E-state index contributed by atoms with van der Waals surface area (Å²) in [5, 5.41) is 6.84. The third-order valence-corrected chi connectivity index (χ3v) is 3.92. The van der Waals surface area contributed by atoms with Crippen LogP contribution in [0.4, 0.5) is 0 Å². The Bertz CT molecular complexity index is 318. The smallest absolute Gasteiger partial charge is 0.326 e. The predicted octanol–water partition coefficient (Wildman–Crippen LogP) is 1.31. The highest BCUT2D eigenvalue weighted by Gasteiger charge is 2.52. The lowest BCUT2D eigenvalue weighted by Gasteiger charge is -2.25. The molecule has 4 heteroatoms. The molecule has 1 aliphatic carbocycles. The van der Waals surface area contributed by atoms with Crippen LogP contribution in [0.5, 0.6) is 0 Å². The van der Waals surface area contributed by atoms with Gasteiger partial charge in [-0.2, -0.15) is 0 Å². The zero-order chi connectivity index (χ0) is 13.4. The molecular formula is C14H26N2O2. The highest BCUT2D eigenvalue weighted by Crippen LogP contribution is 2.38. The summed E-state index contributed by atoms with van der Waals surface area (Å²) in [5.41, 5.74) is -0.772. The van der Waals surface area contributed by atoms with Crippen molar-refractivity contribution in [3.63, 3.8) is 0 Å². The quantitative estimate of drug-likeness (QED) is 0.743. The van der Waals surface area contributed by atoms with Gasteiger partial charge in [-0.15, -0.1) is 0 Å². The van der Waals surface area contributed by atoms with Gasteiger partial charge in [0, 0.05) is 6.54 Å². The first-order valence-corrected chi connectivity index (χ1v) is 7.02. The van der Waals surface area contributed by atoms with Gasteiger partial charge in [0.25, 0.3) is 0 Å². The lowest BCUT2D eigenvalue weighted by atomic mass is 9.98. The van der Waals surface area contributed by atoms with Crippen molar-refractivity contribution in [1.82, 2.24) is 10.6 Å². The van der Waals surface area contributed by atoms with Gasteiger partial charge in [0.2, 0.25) is 0 Å². The van der Waals surface area contributed by atoms with Crippen LogP contribution in [0.15, 0.2) is 0 Å². The lowest BCUT2D eigenvalue weighted by Crippen LogP contribution is -2.46. The largest absolute Gasteiger partial charge is 0.459 e. The summed E-state index contributed by atoms with van der Waals surface area (Å²) in [4.78, 5) is 12.1. The highest BCUT2D eigenvalue weighted by molar-refractivity contribution is 5.84. The Hall–Kier alpha value is -0.610. The standard InChI is InChI=1S/C14H26N2O2/c1-10-7-15-8-11(10)9-16-14(5-6-14)12(17)18-13(2,3)4/h10-11,15-16H,5-9H2,1-4H3/t10-,11+/m0/s1. The molecular weight excluding hydrogens is 228 g/mol. The first kappa shape index (κ1) is 13.8. The van der Waals surface area contributed by atoms with E-state index in [9.17, 15) is 4.79 Å². The number of rotatable bonds is 4. The fraction of sp³-hybridized carbons (Fsp3) is 0.929. The molecule has 0 unspecified atom stereocenters. The Morgan fingerprint density at radius 1 is 1.39 bits per heavy atom. The van der Waals surface area contributed by atoms with Crippen LogP contribution in [0.3, 0.4) is 0 Å². The van der Waals surface area contributed by atoms with Crippen LogP contribution in [0.25, 0.3) is 0 Å². The van der Waals surface area contributed by atoms with Crippen LogP contribution in [-0.2, 0) is 9.53 Å². The molecule has 0 aromatic carbocycles. The summed E-state index contributed by atoms with van der Waals surface area (Å²) in [6, 6.07) is 0. The fourth-order valence-electron chi connectivity index (χ4n) is 2.42. The minimum Gasteiger partial charge on any atom is -0.459 e. The van der Waals surface area contributed by atoms with E-state index >= 15 is 0 Å². The maximum atomic E-state index is 12.1. The van der Waals surface area contributed by atoms with Crippen LogP contribution < -0.4 is 10.6 Å². The number of carbonyl (C=O) groups excluding carboxylic acids is 1. The van der Waals surface area contributed by atoms with E-state index < -0.39 is 5.60 Å². The Kier molecular flexibility index (Phi) is 3.70. The van der Waals surface area contributed by atoms with Gasteiger partial charge in [-0.05, 0) is 58.5 Å². The fourth-order valence-corrected chi connectivity index (χ4v) is 2.42. The van der Waals surface area contributed by atoms with Crippen LogP contribution >= 0.6 is 0 Å². The van der Waals surface area contributed by atoms with E-state index in [1.165, 1.54) is 0 Å². The SMILES string of the molecule is C[C@H]1CNC[C@@H]1CNC1(C(=O)OC(C)(C)C)CC1. The number of carbonyl (C=O) groups is 1. The molecule has 104 valence electrons. The van der Waals surface area contributed by atoms with Crippen LogP contribution in [0.2, 0.25) is 0 Å². The molecule has 2 atom stereocenters. The summed E-state index contributed by atoms with van der Waals surface area (Å²) in [6.07, 6.45) is 1.83. The van der Waals surface area contributed by atoms with Crippen molar-refractivity contribution >= 4 is 5.97 Å². The van der Waals surface area contributed by atoms with E-state index in [-0.39, 0.29) is 11.5 Å². The van der Waals surface area contributed by atoms with Crippen molar-refractivity contribution in [3.05, 3.63) is 0 Å². The average Bonchev–Trinajstić information content (AvgIpc) is 2.92. The Labute approximate surface area is 110 Å². The van der Waals surface area contributed by atoms with E-state index in [2.05, 4.69) is 17.6 Å². The highest BCUT2D eigenvalue weighted by atomic mass is 16.6. The van der Waals surface area contributed by atoms with Gasteiger partial charge in [0.1, 0.15) is 11.1 Å². The van der Waals surface area contributed by atoms with Gasteiger partial charge >= 0.3 is 5.97 Å². The minimum absolute atomic E-state index is 0.0754. The maximum Gasteiger partial charge on any atom is 0.326 e. The normalized spacial score (nSPS) is 30.2. The van der Waals surface area contributed by atoms with Gasteiger partial charge in [-0.3, -0.25) is 4.79 Å². The molecule has 1 saturated heterocycles. The number of nitrogens with one attached hydrogen (secondary N) is 2. The molecule has 2 rings (SSSR count). The van der Waals surface area contributed by atoms with Gasteiger partial charge in [0.15, 0.2) is 0 Å². The van der Waals surface area contributed by atoms with Crippen molar-refractivity contribution in [2.45, 2.75) is 51.7 Å². The number of ether oxygens (including phenoxy) is 1. The van der Waals surface area contributed by atoms with Gasteiger partial charge in [-0.25, -0.2) is 0 Å². The van der Waals surface area contributed by atoms with Crippen molar-refractivity contribution in [2.24, 2.45) is 11.8 Å². The minimum atomic E-state index is -0.392. The summed E-state index contributed by atoms with van der Waals surface area (Å²) < 4.78 is 5.49. The second kappa shape index (κ2) is 4.82. The first-order valence-electron chi connectivity index (χ1n) is 7.02.